The summed E-state index contributed by atoms with van der Waals surface area (Å²) in [6, 6.07) is 6.01. The lowest BCUT2D eigenvalue weighted by atomic mass is 10.1. The van der Waals surface area contributed by atoms with Crippen LogP contribution in [-0.2, 0) is 0 Å². The van der Waals surface area contributed by atoms with E-state index in [4.69, 9.17) is 23.2 Å². The fourth-order valence-electron chi connectivity index (χ4n) is 2.35. The highest BCUT2D eigenvalue weighted by Gasteiger charge is 2.20. The van der Waals surface area contributed by atoms with Crippen molar-refractivity contribution in [3.63, 3.8) is 0 Å². The standard InChI is InChI=1S/C13H13Cl2N3/c14-10-4-3-9(6-11(10)15)18-8-16-7-13(18)12-2-1-5-17-12/h3-4,6-8,12,17H,1-2,5H2. The zero-order valence-corrected chi connectivity index (χ0v) is 11.2. The molecule has 0 amide bonds. The molecule has 1 aromatic heterocycles. The van der Waals surface area contributed by atoms with Gasteiger partial charge in [0.1, 0.15) is 0 Å². The van der Waals surface area contributed by atoms with Crippen LogP contribution in [0.15, 0.2) is 30.7 Å². The first-order chi connectivity index (χ1) is 8.75. The lowest BCUT2D eigenvalue weighted by Crippen LogP contribution is -2.16. The average Bonchev–Trinajstić information content (AvgIpc) is 3.00. The van der Waals surface area contributed by atoms with Crippen LogP contribution in [0.5, 0.6) is 0 Å². The number of benzene rings is 1. The third-order valence-corrected chi connectivity index (χ3v) is 4.00. The van der Waals surface area contributed by atoms with E-state index in [1.165, 1.54) is 12.1 Å². The van der Waals surface area contributed by atoms with Gasteiger partial charge in [-0.2, -0.15) is 0 Å². The van der Waals surface area contributed by atoms with Crippen molar-refractivity contribution < 1.29 is 0 Å². The highest BCUT2D eigenvalue weighted by molar-refractivity contribution is 6.42. The van der Waals surface area contributed by atoms with E-state index in [0.717, 1.165) is 18.7 Å². The van der Waals surface area contributed by atoms with Gasteiger partial charge in [-0.25, -0.2) is 4.98 Å². The van der Waals surface area contributed by atoms with E-state index in [2.05, 4.69) is 14.9 Å². The molecule has 0 radical (unpaired) electrons. The number of hydrogen-bond donors (Lipinski definition) is 1. The number of nitrogens with one attached hydrogen (secondary N) is 1. The van der Waals surface area contributed by atoms with Crippen LogP contribution < -0.4 is 5.32 Å². The molecule has 18 heavy (non-hydrogen) atoms. The maximum absolute atomic E-state index is 6.06. The molecule has 0 saturated carbocycles. The van der Waals surface area contributed by atoms with E-state index in [1.54, 1.807) is 0 Å². The molecular weight excluding hydrogens is 269 g/mol. The van der Waals surface area contributed by atoms with Crippen LogP contribution in [-0.4, -0.2) is 16.1 Å². The third-order valence-electron chi connectivity index (χ3n) is 3.27. The second kappa shape index (κ2) is 4.92. The van der Waals surface area contributed by atoms with Gasteiger partial charge in [0.25, 0.3) is 0 Å². The zero-order valence-electron chi connectivity index (χ0n) is 9.74. The summed E-state index contributed by atoms with van der Waals surface area (Å²) in [5, 5.41) is 4.61. The fourth-order valence-corrected chi connectivity index (χ4v) is 2.64. The van der Waals surface area contributed by atoms with Crippen molar-refractivity contribution in [3.8, 4) is 5.69 Å². The lowest BCUT2D eigenvalue weighted by Gasteiger charge is -2.14. The van der Waals surface area contributed by atoms with Crippen molar-refractivity contribution in [3.05, 3.63) is 46.5 Å². The maximum Gasteiger partial charge on any atom is 0.0994 e. The van der Waals surface area contributed by atoms with Crippen molar-refractivity contribution in [2.75, 3.05) is 6.54 Å². The van der Waals surface area contributed by atoms with Crippen molar-refractivity contribution >= 4 is 23.2 Å². The Hall–Kier alpha value is -1.03. The number of aromatic nitrogens is 2. The maximum atomic E-state index is 6.06. The number of rotatable bonds is 2. The molecule has 0 bridgehead atoms. The molecule has 94 valence electrons. The molecule has 2 heterocycles. The Bertz CT molecular complexity index is 559. The first-order valence-corrected chi connectivity index (χ1v) is 6.72. The molecule has 1 fully saturated rings. The van der Waals surface area contributed by atoms with Crippen molar-refractivity contribution in [1.29, 1.82) is 0 Å². The minimum Gasteiger partial charge on any atom is -0.309 e. The molecule has 1 aromatic carbocycles. The van der Waals surface area contributed by atoms with Crippen molar-refractivity contribution in [1.82, 2.24) is 14.9 Å². The number of hydrogen-bond acceptors (Lipinski definition) is 2. The highest BCUT2D eigenvalue weighted by atomic mass is 35.5. The Morgan fingerprint density at radius 2 is 2.17 bits per heavy atom. The van der Waals surface area contributed by atoms with Crippen molar-refractivity contribution in [2.45, 2.75) is 18.9 Å². The van der Waals surface area contributed by atoms with Gasteiger partial charge in [0.2, 0.25) is 0 Å². The van der Waals surface area contributed by atoms with Crippen LogP contribution in [0.2, 0.25) is 10.0 Å². The summed E-state index contributed by atoms with van der Waals surface area (Å²) >= 11 is 12.0. The SMILES string of the molecule is Clc1ccc(-n2cncc2C2CCCN2)cc1Cl. The van der Waals surface area contributed by atoms with Gasteiger partial charge in [-0.05, 0) is 37.6 Å². The molecule has 2 aromatic rings. The molecule has 1 N–H and O–H groups in total. The molecule has 0 aliphatic carbocycles. The zero-order chi connectivity index (χ0) is 12.5. The molecule has 1 saturated heterocycles. The molecule has 0 spiro atoms. The van der Waals surface area contributed by atoms with Gasteiger partial charge >= 0.3 is 0 Å². The molecule has 1 atom stereocenters. The quantitative estimate of drug-likeness (QED) is 0.912. The molecular formula is C13H13Cl2N3. The average molecular weight is 282 g/mol. The van der Waals surface area contributed by atoms with Gasteiger partial charge in [0, 0.05) is 11.7 Å². The van der Waals surface area contributed by atoms with Gasteiger partial charge in [-0.1, -0.05) is 23.2 Å². The summed E-state index contributed by atoms with van der Waals surface area (Å²) < 4.78 is 2.06. The van der Waals surface area contributed by atoms with Gasteiger partial charge < -0.3 is 9.88 Å². The summed E-state index contributed by atoms with van der Waals surface area (Å²) in [4.78, 5) is 4.24. The monoisotopic (exact) mass is 281 g/mol. The van der Waals surface area contributed by atoms with E-state index >= 15 is 0 Å². The van der Waals surface area contributed by atoms with Crippen LogP contribution >= 0.6 is 23.2 Å². The molecule has 3 nitrogen and oxygen atoms in total. The van der Waals surface area contributed by atoms with Crippen LogP contribution in [0.1, 0.15) is 24.6 Å². The predicted octanol–water partition coefficient (Wildman–Crippen LogP) is 3.60. The Balaban J connectivity index is 2.00. The minimum absolute atomic E-state index is 0.377. The Kier molecular flexibility index (Phi) is 3.29. The smallest absolute Gasteiger partial charge is 0.0994 e. The third kappa shape index (κ3) is 2.14. The van der Waals surface area contributed by atoms with E-state index in [0.29, 0.717) is 16.1 Å². The van der Waals surface area contributed by atoms with E-state index in [1.807, 2.05) is 30.7 Å². The van der Waals surface area contributed by atoms with Crippen LogP contribution in [0.25, 0.3) is 5.69 Å². The lowest BCUT2D eigenvalue weighted by molar-refractivity contribution is 0.615. The van der Waals surface area contributed by atoms with Crippen LogP contribution in [0.4, 0.5) is 0 Å². The molecule has 1 aliphatic rings. The summed E-state index contributed by atoms with van der Waals surface area (Å²) in [7, 11) is 0. The Morgan fingerprint density at radius 1 is 1.28 bits per heavy atom. The summed E-state index contributed by atoms with van der Waals surface area (Å²) in [6.45, 7) is 1.07. The molecule has 5 heteroatoms. The second-order valence-corrected chi connectivity index (χ2v) is 5.25. The Labute approximate surface area is 116 Å². The van der Waals surface area contributed by atoms with Crippen molar-refractivity contribution in [2.24, 2.45) is 0 Å². The Morgan fingerprint density at radius 3 is 2.89 bits per heavy atom. The minimum atomic E-state index is 0.377. The van der Waals surface area contributed by atoms with Gasteiger partial charge in [-0.15, -0.1) is 0 Å². The predicted molar refractivity (Wildman–Crippen MR) is 73.6 cm³/mol. The highest BCUT2D eigenvalue weighted by Crippen LogP contribution is 2.28. The molecule has 3 rings (SSSR count). The number of nitrogens with zero attached hydrogens (tertiary/aromatic N) is 2. The molecule has 1 unspecified atom stereocenters. The van der Waals surface area contributed by atoms with Crippen LogP contribution in [0, 0.1) is 0 Å². The largest absolute Gasteiger partial charge is 0.309 e. The van der Waals surface area contributed by atoms with Gasteiger partial charge in [0.05, 0.1) is 28.3 Å². The van der Waals surface area contributed by atoms with Gasteiger partial charge in [0.15, 0.2) is 0 Å². The first-order valence-electron chi connectivity index (χ1n) is 5.97. The van der Waals surface area contributed by atoms with E-state index < -0.39 is 0 Å². The molecule has 1 aliphatic heterocycles. The van der Waals surface area contributed by atoms with E-state index in [-0.39, 0.29) is 0 Å². The van der Waals surface area contributed by atoms with Crippen LogP contribution in [0.3, 0.4) is 0 Å². The number of imidazole rings is 1. The summed E-state index contributed by atoms with van der Waals surface area (Å²) in [6.07, 6.45) is 6.07. The number of halogens is 2. The first kappa shape index (κ1) is 12.0. The summed E-state index contributed by atoms with van der Waals surface area (Å²) in [5.41, 5.74) is 2.16. The fraction of sp³-hybridized carbons (Fsp3) is 0.308. The topological polar surface area (TPSA) is 29.9 Å². The van der Waals surface area contributed by atoms with E-state index in [9.17, 15) is 0 Å². The summed E-state index contributed by atoms with van der Waals surface area (Å²) in [5.74, 6) is 0. The second-order valence-electron chi connectivity index (χ2n) is 4.44. The normalized spacial score (nSPS) is 19.3. The van der Waals surface area contributed by atoms with Gasteiger partial charge in [-0.3, -0.25) is 0 Å².